The smallest absolute Gasteiger partial charge is 0.262 e. The van der Waals surface area contributed by atoms with Crippen LogP contribution in [0.2, 0.25) is 0 Å². The van der Waals surface area contributed by atoms with Crippen LogP contribution in [-0.4, -0.2) is 41.5 Å². The number of aromatic amines is 1. The van der Waals surface area contributed by atoms with Crippen molar-refractivity contribution in [3.8, 4) is 0 Å². The first kappa shape index (κ1) is 15.0. The number of nitrogens with zero attached hydrogens (tertiary/aromatic N) is 2. The molecule has 2 N–H and O–H groups in total. The van der Waals surface area contributed by atoms with Gasteiger partial charge in [0.05, 0.1) is 0 Å². The number of nitrogens with one attached hydrogen (secondary N) is 2. The Morgan fingerprint density at radius 3 is 2.67 bits per heavy atom. The summed E-state index contributed by atoms with van der Waals surface area (Å²) in [6.07, 6.45) is 3.28. The molecule has 2 heterocycles. The van der Waals surface area contributed by atoms with Crippen LogP contribution in [0.3, 0.4) is 0 Å². The van der Waals surface area contributed by atoms with Crippen molar-refractivity contribution in [2.45, 2.75) is 63.7 Å². The van der Waals surface area contributed by atoms with Crippen LogP contribution >= 0.6 is 0 Å². The highest BCUT2D eigenvalue weighted by molar-refractivity contribution is 7.89. The standard InChI is InChI=1S/C14H24N4O2S/c1-9-6-10(2)18(8-9)21(19,20)14-13(11(3)16-17-14)7-15-12-4-5-12/h9-10,12,15H,4-8H2,1-3H3,(H,16,17). The molecule has 6 nitrogen and oxygen atoms in total. The molecule has 21 heavy (non-hydrogen) atoms. The summed E-state index contributed by atoms with van der Waals surface area (Å²) in [4.78, 5) is 0. The Kier molecular flexibility index (Phi) is 3.83. The molecule has 0 spiro atoms. The fourth-order valence-corrected chi connectivity index (χ4v) is 5.02. The van der Waals surface area contributed by atoms with Crippen molar-refractivity contribution in [1.29, 1.82) is 0 Å². The third-order valence-electron chi connectivity index (χ3n) is 4.46. The maximum absolute atomic E-state index is 12.9. The number of H-pyrrole nitrogens is 1. The molecule has 3 rings (SSSR count). The molecule has 1 aliphatic carbocycles. The lowest BCUT2D eigenvalue weighted by Gasteiger charge is -2.20. The van der Waals surface area contributed by atoms with E-state index in [9.17, 15) is 8.42 Å². The van der Waals surface area contributed by atoms with Gasteiger partial charge in [0.2, 0.25) is 0 Å². The molecule has 0 radical (unpaired) electrons. The molecule has 1 aromatic heterocycles. The zero-order chi connectivity index (χ0) is 15.2. The predicted octanol–water partition coefficient (Wildman–Crippen LogP) is 1.39. The van der Waals surface area contributed by atoms with Crippen LogP contribution in [0.5, 0.6) is 0 Å². The lowest BCUT2D eigenvalue weighted by molar-refractivity contribution is 0.402. The monoisotopic (exact) mass is 312 g/mol. The van der Waals surface area contributed by atoms with Crippen LogP contribution in [-0.2, 0) is 16.6 Å². The normalized spacial score (nSPS) is 27.4. The summed E-state index contributed by atoms with van der Waals surface area (Å²) in [5.41, 5.74) is 1.62. The van der Waals surface area contributed by atoms with Gasteiger partial charge in [-0.25, -0.2) is 8.42 Å². The summed E-state index contributed by atoms with van der Waals surface area (Å²) in [5, 5.41) is 10.5. The summed E-state index contributed by atoms with van der Waals surface area (Å²) in [6.45, 7) is 7.11. The van der Waals surface area contributed by atoms with Crippen LogP contribution in [0.1, 0.15) is 44.4 Å². The molecule has 2 aliphatic rings. The van der Waals surface area contributed by atoms with Crippen molar-refractivity contribution in [2.24, 2.45) is 5.92 Å². The summed E-state index contributed by atoms with van der Waals surface area (Å²) in [5.74, 6) is 0.405. The molecule has 1 saturated carbocycles. The number of rotatable bonds is 5. The molecule has 0 aromatic carbocycles. The number of hydrogen-bond acceptors (Lipinski definition) is 4. The lowest BCUT2D eigenvalue weighted by Crippen LogP contribution is -2.35. The Hall–Kier alpha value is -0.920. The topological polar surface area (TPSA) is 78.1 Å². The first-order valence-corrected chi connectivity index (χ1v) is 9.12. The quantitative estimate of drug-likeness (QED) is 0.861. The first-order valence-electron chi connectivity index (χ1n) is 7.68. The summed E-state index contributed by atoms with van der Waals surface area (Å²) in [6, 6.07) is 0.590. The Balaban J connectivity index is 1.87. The summed E-state index contributed by atoms with van der Waals surface area (Å²) in [7, 11) is -3.51. The van der Waals surface area contributed by atoms with Gasteiger partial charge in [-0.15, -0.1) is 0 Å². The van der Waals surface area contributed by atoms with Gasteiger partial charge in [0.1, 0.15) is 0 Å². The van der Waals surface area contributed by atoms with E-state index in [0.717, 1.165) is 17.7 Å². The van der Waals surface area contributed by atoms with E-state index >= 15 is 0 Å². The van der Waals surface area contributed by atoms with Crippen molar-refractivity contribution in [3.63, 3.8) is 0 Å². The summed E-state index contributed by atoms with van der Waals surface area (Å²) < 4.78 is 27.4. The molecule has 1 aliphatic heterocycles. The second kappa shape index (κ2) is 5.37. The molecule has 118 valence electrons. The maximum Gasteiger partial charge on any atom is 0.262 e. The van der Waals surface area contributed by atoms with E-state index in [4.69, 9.17) is 0 Å². The minimum atomic E-state index is -3.51. The van der Waals surface area contributed by atoms with E-state index in [0.29, 0.717) is 25.0 Å². The second-order valence-electron chi connectivity index (χ2n) is 6.55. The summed E-state index contributed by atoms with van der Waals surface area (Å²) >= 11 is 0. The van der Waals surface area contributed by atoms with Gasteiger partial charge in [0.15, 0.2) is 5.03 Å². The van der Waals surface area contributed by atoms with E-state index in [2.05, 4.69) is 22.4 Å². The van der Waals surface area contributed by atoms with Gasteiger partial charge < -0.3 is 5.32 Å². The fourth-order valence-electron chi connectivity index (χ4n) is 3.09. The molecule has 0 amide bonds. The molecule has 1 aromatic rings. The van der Waals surface area contributed by atoms with Crippen LogP contribution in [0.25, 0.3) is 0 Å². The van der Waals surface area contributed by atoms with Crippen molar-refractivity contribution in [3.05, 3.63) is 11.3 Å². The van der Waals surface area contributed by atoms with E-state index < -0.39 is 10.0 Å². The Morgan fingerprint density at radius 2 is 2.10 bits per heavy atom. The molecular weight excluding hydrogens is 288 g/mol. The van der Waals surface area contributed by atoms with Gasteiger partial charge in [-0.05, 0) is 39.0 Å². The Labute approximate surface area is 126 Å². The SMILES string of the molecule is Cc1[nH]nc(S(=O)(=O)N2CC(C)CC2C)c1CNC1CC1. The average molecular weight is 312 g/mol. The molecule has 1 saturated heterocycles. The second-order valence-corrected chi connectivity index (χ2v) is 8.36. The first-order chi connectivity index (χ1) is 9.89. The van der Waals surface area contributed by atoms with Crippen LogP contribution in [0.4, 0.5) is 0 Å². The zero-order valence-electron chi connectivity index (χ0n) is 12.9. The Bertz CT molecular complexity index is 621. The van der Waals surface area contributed by atoms with Crippen LogP contribution < -0.4 is 5.32 Å². The van der Waals surface area contributed by atoms with E-state index in [1.165, 1.54) is 12.8 Å². The molecule has 2 atom stereocenters. The van der Waals surface area contributed by atoms with Crippen LogP contribution in [0.15, 0.2) is 5.03 Å². The largest absolute Gasteiger partial charge is 0.310 e. The van der Waals surface area contributed by atoms with Crippen molar-refractivity contribution >= 4 is 10.0 Å². The van der Waals surface area contributed by atoms with Gasteiger partial charge in [0, 0.05) is 36.4 Å². The highest BCUT2D eigenvalue weighted by Gasteiger charge is 2.39. The van der Waals surface area contributed by atoms with Crippen molar-refractivity contribution < 1.29 is 8.42 Å². The number of hydrogen-bond donors (Lipinski definition) is 2. The third kappa shape index (κ3) is 2.86. The van der Waals surface area contributed by atoms with E-state index in [1.54, 1.807) is 4.31 Å². The van der Waals surface area contributed by atoms with Crippen molar-refractivity contribution in [1.82, 2.24) is 19.8 Å². The highest BCUT2D eigenvalue weighted by atomic mass is 32.2. The molecule has 7 heteroatoms. The average Bonchev–Trinajstić information content (AvgIpc) is 3.06. The number of aryl methyl sites for hydroxylation is 1. The Morgan fingerprint density at radius 1 is 1.38 bits per heavy atom. The van der Waals surface area contributed by atoms with Gasteiger partial charge in [-0.2, -0.15) is 9.40 Å². The van der Waals surface area contributed by atoms with Gasteiger partial charge in [-0.1, -0.05) is 6.92 Å². The molecule has 0 bridgehead atoms. The maximum atomic E-state index is 12.9. The fraction of sp³-hybridized carbons (Fsp3) is 0.786. The van der Waals surface area contributed by atoms with Gasteiger partial charge >= 0.3 is 0 Å². The number of sulfonamides is 1. The molecule has 2 unspecified atom stereocenters. The molecular formula is C14H24N4O2S. The van der Waals surface area contributed by atoms with E-state index in [1.807, 2.05) is 13.8 Å². The minimum Gasteiger partial charge on any atom is -0.310 e. The van der Waals surface area contributed by atoms with E-state index in [-0.39, 0.29) is 11.1 Å². The third-order valence-corrected chi connectivity index (χ3v) is 6.41. The predicted molar refractivity (Wildman–Crippen MR) is 80.3 cm³/mol. The lowest BCUT2D eigenvalue weighted by atomic mass is 10.1. The number of aromatic nitrogens is 2. The van der Waals surface area contributed by atoms with Gasteiger partial charge in [0.25, 0.3) is 10.0 Å². The minimum absolute atomic E-state index is 0.0475. The molecule has 2 fully saturated rings. The van der Waals surface area contributed by atoms with Gasteiger partial charge in [-0.3, -0.25) is 5.10 Å². The van der Waals surface area contributed by atoms with Crippen molar-refractivity contribution in [2.75, 3.05) is 6.54 Å². The highest BCUT2D eigenvalue weighted by Crippen LogP contribution is 2.30. The van der Waals surface area contributed by atoms with Crippen LogP contribution in [0, 0.1) is 12.8 Å². The zero-order valence-corrected chi connectivity index (χ0v) is 13.7.